The van der Waals surface area contributed by atoms with E-state index in [-0.39, 0.29) is 23.9 Å². The minimum Gasteiger partial charge on any atom is -0.493 e. The number of nitro groups is 1. The largest absolute Gasteiger partial charge is 0.493 e. The Morgan fingerprint density at radius 3 is 2.62 bits per heavy atom. The van der Waals surface area contributed by atoms with Crippen molar-refractivity contribution < 1.29 is 23.9 Å². The van der Waals surface area contributed by atoms with Crippen molar-refractivity contribution in [3.05, 3.63) is 103 Å². The summed E-state index contributed by atoms with van der Waals surface area (Å²) in [5.74, 6) is 0.370. The molecule has 3 aromatic rings. The Bertz CT molecular complexity index is 1350. The van der Waals surface area contributed by atoms with Gasteiger partial charge < -0.3 is 14.2 Å². The van der Waals surface area contributed by atoms with Gasteiger partial charge in [-0.25, -0.2) is 9.79 Å². The van der Waals surface area contributed by atoms with Gasteiger partial charge in [-0.1, -0.05) is 41.4 Å². The molecule has 10 heteroatoms. The zero-order valence-corrected chi connectivity index (χ0v) is 19.2. The van der Waals surface area contributed by atoms with Crippen molar-refractivity contribution in [1.29, 1.82) is 0 Å². The van der Waals surface area contributed by atoms with Crippen LogP contribution >= 0.6 is 23.2 Å². The van der Waals surface area contributed by atoms with Crippen molar-refractivity contribution >= 4 is 46.8 Å². The molecule has 8 nitrogen and oxygen atoms in total. The van der Waals surface area contributed by atoms with Crippen molar-refractivity contribution in [2.24, 2.45) is 4.99 Å². The summed E-state index contributed by atoms with van der Waals surface area (Å²) >= 11 is 12.0. The summed E-state index contributed by atoms with van der Waals surface area (Å²) in [7, 11) is 1.48. The molecule has 0 bridgehead atoms. The number of methoxy groups -OCH3 is 1. The van der Waals surface area contributed by atoms with Gasteiger partial charge in [0, 0.05) is 17.7 Å². The molecule has 0 unspecified atom stereocenters. The second-order valence-corrected chi connectivity index (χ2v) is 7.91. The predicted molar refractivity (Wildman–Crippen MR) is 127 cm³/mol. The number of non-ortho nitro benzene ring substituents is 1. The molecule has 4 rings (SSSR count). The van der Waals surface area contributed by atoms with E-state index >= 15 is 0 Å². The molecule has 0 atom stereocenters. The van der Waals surface area contributed by atoms with Crippen molar-refractivity contribution in [2.45, 2.75) is 6.61 Å². The predicted octanol–water partition coefficient (Wildman–Crippen LogP) is 5.83. The third-order valence-corrected chi connectivity index (χ3v) is 5.53. The Hall–Kier alpha value is -3.88. The molecule has 1 aliphatic heterocycles. The van der Waals surface area contributed by atoms with Crippen LogP contribution in [0, 0.1) is 10.1 Å². The summed E-state index contributed by atoms with van der Waals surface area (Å²) in [4.78, 5) is 27.0. The number of carbonyl (C=O) groups is 1. The topological polar surface area (TPSA) is 100 Å². The van der Waals surface area contributed by atoms with Crippen LogP contribution in [0.3, 0.4) is 0 Å². The van der Waals surface area contributed by atoms with Crippen LogP contribution in [-0.4, -0.2) is 23.9 Å². The van der Waals surface area contributed by atoms with E-state index in [1.165, 1.54) is 19.2 Å². The lowest BCUT2D eigenvalue weighted by Gasteiger charge is -2.11. The van der Waals surface area contributed by atoms with Gasteiger partial charge in [-0.3, -0.25) is 10.1 Å². The Balaban J connectivity index is 1.53. The van der Waals surface area contributed by atoms with E-state index in [0.717, 1.165) is 0 Å². The van der Waals surface area contributed by atoms with Gasteiger partial charge >= 0.3 is 5.97 Å². The normalized spacial score (nSPS) is 14.0. The highest BCUT2D eigenvalue weighted by atomic mass is 35.5. The van der Waals surface area contributed by atoms with Crippen LogP contribution in [0.15, 0.2) is 71.4 Å². The van der Waals surface area contributed by atoms with Crippen molar-refractivity contribution in [2.75, 3.05) is 7.11 Å². The number of benzene rings is 3. The number of hydrogen-bond donors (Lipinski definition) is 0. The number of cyclic esters (lactones) is 1. The van der Waals surface area contributed by atoms with E-state index in [4.69, 9.17) is 37.4 Å². The Kier molecular flexibility index (Phi) is 6.81. The van der Waals surface area contributed by atoms with Gasteiger partial charge in [-0.2, -0.15) is 0 Å². The smallest absolute Gasteiger partial charge is 0.363 e. The minimum absolute atomic E-state index is 0.0146. The summed E-state index contributed by atoms with van der Waals surface area (Å²) in [5, 5.41) is 11.6. The molecule has 0 spiro atoms. The summed E-state index contributed by atoms with van der Waals surface area (Å²) in [6.45, 7) is 0.113. The number of esters is 1. The molecule has 0 radical (unpaired) electrons. The maximum Gasteiger partial charge on any atom is 0.363 e. The lowest BCUT2D eigenvalue weighted by Crippen LogP contribution is -2.05. The van der Waals surface area contributed by atoms with Crippen LogP contribution < -0.4 is 9.47 Å². The van der Waals surface area contributed by atoms with Gasteiger partial charge in [0.05, 0.1) is 22.1 Å². The Labute approximate surface area is 204 Å². The average molecular weight is 499 g/mol. The molecule has 172 valence electrons. The number of aliphatic imine (C=N–C) groups is 1. The number of rotatable bonds is 7. The molecule has 1 heterocycles. The van der Waals surface area contributed by atoms with Crippen LogP contribution in [-0.2, 0) is 16.1 Å². The monoisotopic (exact) mass is 498 g/mol. The number of carbonyl (C=O) groups excluding carboxylic acids is 1. The zero-order chi connectivity index (χ0) is 24.2. The van der Waals surface area contributed by atoms with Crippen LogP contribution in [0.1, 0.15) is 16.7 Å². The van der Waals surface area contributed by atoms with Crippen LogP contribution in [0.25, 0.3) is 6.08 Å². The summed E-state index contributed by atoms with van der Waals surface area (Å²) in [6.07, 6.45) is 1.56. The first-order valence-corrected chi connectivity index (χ1v) is 10.6. The highest BCUT2D eigenvalue weighted by Gasteiger charge is 2.24. The van der Waals surface area contributed by atoms with E-state index in [2.05, 4.69) is 4.99 Å². The number of ether oxygens (including phenoxy) is 3. The molecule has 0 amide bonds. The molecule has 0 aromatic heterocycles. The van der Waals surface area contributed by atoms with Gasteiger partial charge in [0.2, 0.25) is 5.90 Å². The highest BCUT2D eigenvalue weighted by molar-refractivity contribution is 6.42. The van der Waals surface area contributed by atoms with Crippen molar-refractivity contribution in [1.82, 2.24) is 0 Å². The maximum atomic E-state index is 12.3. The number of nitro benzene ring substituents is 1. The fourth-order valence-electron chi connectivity index (χ4n) is 3.13. The Morgan fingerprint density at radius 2 is 1.88 bits per heavy atom. The fraction of sp³-hybridized carbons (Fsp3) is 0.0833. The summed E-state index contributed by atoms with van der Waals surface area (Å²) < 4.78 is 16.4. The lowest BCUT2D eigenvalue weighted by molar-refractivity contribution is -0.384. The van der Waals surface area contributed by atoms with E-state index in [1.54, 1.807) is 54.6 Å². The van der Waals surface area contributed by atoms with E-state index in [9.17, 15) is 14.9 Å². The molecule has 0 N–H and O–H groups in total. The number of hydrogen-bond acceptors (Lipinski definition) is 7. The SMILES string of the molecule is COc1cc(/C=C2\N=C(c3ccc(Cl)c(Cl)c3)OC2=O)ccc1OCc1cccc([N+](=O)[O-])c1. The van der Waals surface area contributed by atoms with E-state index < -0.39 is 10.9 Å². The quantitative estimate of drug-likeness (QED) is 0.175. The standard InChI is InChI=1S/C24H16Cl2N2O6/c1-32-22-11-14(5-8-21(22)33-13-15-3-2-4-17(9-15)28(30)31)10-20-24(29)34-23(27-20)16-6-7-18(25)19(26)12-16/h2-12H,13H2,1H3/b20-10-. The second kappa shape index (κ2) is 9.94. The van der Waals surface area contributed by atoms with Gasteiger partial charge in [-0.15, -0.1) is 0 Å². The van der Waals surface area contributed by atoms with Gasteiger partial charge in [0.15, 0.2) is 17.2 Å². The molecule has 1 aliphatic rings. The van der Waals surface area contributed by atoms with Gasteiger partial charge in [-0.05, 0) is 47.5 Å². The zero-order valence-electron chi connectivity index (χ0n) is 17.7. The minimum atomic E-state index is -0.606. The molecule has 0 saturated carbocycles. The Morgan fingerprint density at radius 1 is 1.06 bits per heavy atom. The second-order valence-electron chi connectivity index (χ2n) is 7.09. The third kappa shape index (κ3) is 5.19. The summed E-state index contributed by atoms with van der Waals surface area (Å²) in [5.41, 5.74) is 1.88. The number of halogens is 2. The van der Waals surface area contributed by atoms with Gasteiger partial charge in [0.1, 0.15) is 6.61 Å². The van der Waals surface area contributed by atoms with Crippen LogP contribution in [0.5, 0.6) is 11.5 Å². The first-order chi connectivity index (χ1) is 16.3. The van der Waals surface area contributed by atoms with Gasteiger partial charge in [0.25, 0.3) is 5.69 Å². The average Bonchev–Trinajstić information content (AvgIpc) is 3.20. The van der Waals surface area contributed by atoms with E-state index in [0.29, 0.717) is 38.2 Å². The molecule has 0 aliphatic carbocycles. The lowest BCUT2D eigenvalue weighted by atomic mass is 10.1. The molecular formula is C24H16Cl2N2O6. The molecular weight excluding hydrogens is 483 g/mol. The maximum absolute atomic E-state index is 12.3. The number of nitrogens with zero attached hydrogens (tertiary/aromatic N) is 2. The first kappa shape index (κ1) is 23.3. The summed E-state index contributed by atoms with van der Waals surface area (Å²) in [6, 6.07) is 16.1. The highest BCUT2D eigenvalue weighted by Crippen LogP contribution is 2.31. The van der Waals surface area contributed by atoms with Crippen molar-refractivity contribution in [3.63, 3.8) is 0 Å². The third-order valence-electron chi connectivity index (χ3n) is 4.79. The molecule has 0 fully saturated rings. The van der Waals surface area contributed by atoms with Crippen LogP contribution in [0.4, 0.5) is 5.69 Å². The van der Waals surface area contributed by atoms with Crippen LogP contribution in [0.2, 0.25) is 10.0 Å². The molecule has 0 saturated heterocycles. The molecule has 34 heavy (non-hydrogen) atoms. The van der Waals surface area contributed by atoms with Crippen molar-refractivity contribution in [3.8, 4) is 11.5 Å². The molecule has 3 aromatic carbocycles. The van der Waals surface area contributed by atoms with E-state index in [1.807, 2.05) is 0 Å². The first-order valence-electron chi connectivity index (χ1n) is 9.86. The fourth-order valence-corrected chi connectivity index (χ4v) is 3.43.